The van der Waals surface area contributed by atoms with E-state index >= 15 is 0 Å². The lowest BCUT2D eigenvalue weighted by molar-refractivity contribution is -0.119. The Hall–Kier alpha value is -2.28. The molecule has 2 aromatic rings. The van der Waals surface area contributed by atoms with E-state index in [1.54, 1.807) is 0 Å². The smallest absolute Gasteiger partial charge is 0.217 e. The van der Waals surface area contributed by atoms with Gasteiger partial charge in [-0.1, -0.05) is 0 Å². The van der Waals surface area contributed by atoms with E-state index in [0.717, 1.165) is 48.8 Å². The SMILES string of the molecule is CC(=O)NCc1cnc(C)nc1[C@@H]1CCCN1Cc1nccn1C(C)C. The van der Waals surface area contributed by atoms with E-state index in [1.807, 2.05) is 25.5 Å². The van der Waals surface area contributed by atoms with Gasteiger partial charge in [0.1, 0.15) is 11.6 Å². The third-order valence-electron chi connectivity index (χ3n) is 4.88. The molecule has 7 heteroatoms. The molecular formula is C19H28N6O. The Morgan fingerprint density at radius 1 is 1.38 bits per heavy atom. The lowest BCUT2D eigenvalue weighted by Gasteiger charge is -2.26. The van der Waals surface area contributed by atoms with Crippen LogP contribution in [0.3, 0.4) is 0 Å². The topological polar surface area (TPSA) is 75.9 Å². The number of rotatable bonds is 6. The summed E-state index contributed by atoms with van der Waals surface area (Å²) in [6.07, 6.45) is 7.96. The minimum absolute atomic E-state index is 0.0428. The standard InChI is InChI=1S/C19H28N6O/c1-13(2)25-9-7-20-18(25)12-24-8-5-6-17(24)19-16(11-22-15(4)26)10-21-14(3)23-19/h7,9-10,13,17H,5-6,8,11-12H2,1-4H3,(H,22,26)/t17-/m0/s1. The van der Waals surface area contributed by atoms with Gasteiger partial charge in [0.05, 0.1) is 18.3 Å². The van der Waals surface area contributed by atoms with Crippen molar-refractivity contribution in [2.75, 3.05) is 6.54 Å². The molecular weight excluding hydrogens is 328 g/mol. The van der Waals surface area contributed by atoms with Crippen LogP contribution in [0.2, 0.25) is 0 Å². The lowest BCUT2D eigenvalue weighted by atomic mass is 10.1. The zero-order chi connectivity index (χ0) is 18.7. The van der Waals surface area contributed by atoms with Crippen LogP contribution in [-0.2, 0) is 17.9 Å². The van der Waals surface area contributed by atoms with Crippen molar-refractivity contribution in [2.24, 2.45) is 0 Å². The van der Waals surface area contributed by atoms with E-state index < -0.39 is 0 Å². The zero-order valence-electron chi connectivity index (χ0n) is 16.1. The van der Waals surface area contributed by atoms with E-state index in [-0.39, 0.29) is 11.9 Å². The maximum absolute atomic E-state index is 11.3. The van der Waals surface area contributed by atoms with Crippen LogP contribution >= 0.6 is 0 Å². The molecule has 0 unspecified atom stereocenters. The van der Waals surface area contributed by atoms with Gasteiger partial charge in [0.2, 0.25) is 5.91 Å². The molecule has 140 valence electrons. The second-order valence-electron chi connectivity index (χ2n) is 7.21. The third kappa shape index (κ3) is 4.09. The minimum Gasteiger partial charge on any atom is -0.352 e. The predicted molar refractivity (Wildman–Crippen MR) is 99.3 cm³/mol. The largest absolute Gasteiger partial charge is 0.352 e. The van der Waals surface area contributed by atoms with Gasteiger partial charge in [0.15, 0.2) is 0 Å². The van der Waals surface area contributed by atoms with Crippen LogP contribution in [0.5, 0.6) is 0 Å². The third-order valence-corrected chi connectivity index (χ3v) is 4.88. The van der Waals surface area contributed by atoms with E-state index in [4.69, 9.17) is 4.98 Å². The lowest BCUT2D eigenvalue weighted by Crippen LogP contribution is -2.28. The van der Waals surface area contributed by atoms with Crippen LogP contribution in [-0.4, -0.2) is 36.9 Å². The molecule has 3 heterocycles. The van der Waals surface area contributed by atoms with E-state index in [1.165, 1.54) is 6.92 Å². The highest BCUT2D eigenvalue weighted by molar-refractivity contribution is 5.72. The van der Waals surface area contributed by atoms with Crippen molar-refractivity contribution in [1.82, 2.24) is 29.7 Å². The van der Waals surface area contributed by atoms with Crippen LogP contribution in [0, 0.1) is 6.92 Å². The number of aryl methyl sites for hydroxylation is 1. The van der Waals surface area contributed by atoms with Crippen molar-refractivity contribution in [3.8, 4) is 0 Å². The summed E-state index contributed by atoms with van der Waals surface area (Å²) < 4.78 is 2.22. The molecule has 1 aliphatic heterocycles. The molecule has 1 atom stereocenters. The highest BCUT2D eigenvalue weighted by atomic mass is 16.1. The van der Waals surface area contributed by atoms with Crippen LogP contribution in [0.4, 0.5) is 0 Å². The fourth-order valence-corrected chi connectivity index (χ4v) is 3.60. The number of imidazole rings is 1. The monoisotopic (exact) mass is 356 g/mol. The summed E-state index contributed by atoms with van der Waals surface area (Å²) >= 11 is 0. The van der Waals surface area contributed by atoms with Gasteiger partial charge >= 0.3 is 0 Å². The molecule has 0 spiro atoms. The van der Waals surface area contributed by atoms with Crippen LogP contribution in [0.15, 0.2) is 18.6 Å². The Bertz CT molecular complexity index is 769. The van der Waals surface area contributed by atoms with Crippen LogP contribution in [0.1, 0.15) is 68.6 Å². The molecule has 0 bridgehead atoms. The second-order valence-corrected chi connectivity index (χ2v) is 7.21. The van der Waals surface area contributed by atoms with Crippen molar-refractivity contribution in [3.63, 3.8) is 0 Å². The number of likely N-dealkylation sites (tertiary alicyclic amines) is 1. The molecule has 7 nitrogen and oxygen atoms in total. The average Bonchev–Trinajstić information content (AvgIpc) is 3.23. The average molecular weight is 356 g/mol. The molecule has 1 saturated heterocycles. The number of hydrogen-bond donors (Lipinski definition) is 1. The van der Waals surface area contributed by atoms with Gasteiger partial charge in [-0.3, -0.25) is 9.69 Å². The number of hydrogen-bond acceptors (Lipinski definition) is 5. The van der Waals surface area contributed by atoms with E-state index in [9.17, 15) is 4.79 Å². The molecule has 1 amide bonds. The normalized spacial score (nSPS) is 17.8. The van der Waals surface area contributed by atoms with Crippen molar-refractivity contribution < 1.29 is 4.79 Å². The zero-order valence-corrected chi connectivity index (χ0v) is 16.1. The number of carbonyl (C=O) groups excluding carboxylic acids is 1. The van der Waals surface area contributed by atoms with Crippen molar-refractivity contribution in [2.45, 2.75) is 65.7 Å². The van der Waals surface area contributed by atoms with Crippen molar-refractivity contribution in [3.05, 3.63) is 41.5 Å². The van der Waals surface area contributed by atoms with Crippen molar-refractivity contribution >= 4 is 5.91 Å². The molecule has 2 aromatic heterocycles. The molecule has 1 N–H and O–H groups in total. The fourth-order valence-electron chi connectivity index (χ4n) is 3.60. The maximum Gasteiger partial charge on any atom is 0.217 e. The Labute approximate surface area is 154 Å². The number of amides is 1. The first-order chi connectivity index (χ1) is 12.5. The van der Waals surface area contributed by atoms with Gasteiger partial charge in [-0.2, -0.15) is 0 Å². The summed E-state index contributed by atoms with van der Waals surface area (Å²) in [6.45, 7) is 10.1. The molecule has 0 aliphatic carbocycles. The first-order valence-electron chi connectivity index (χ1n) is 9.28. The molecule has 26 heavy (non-hydrogen) atoms. The van der Waals surface area contributed by atoms with Gasteiger partial charge in [-0.05, 0) is 40.2 Å². The van der Waals surface area contributed by atoms with Crippen LogP contribution < -0.4 is 5.32 Å². The van der Waals surface area contributed by atoms with E-state index in [2.05, 4.69) is 38.6 Å². The van der Waals surface area contributed by atoms with Gasteiger partial charge in [-0.25, -0.2) is 15.0 Å². The summed E-state index contributed by atoms with van der Waals surface area (Å²) in [5.74, 6) is 1.81. The summed E-state index contributed by atoms with van der Waals surface area (Å²) in [4.78, 5) is 27.4. The Balaban J connectivity index is 1.84. The molecule has 1 aliphatic rings. The van der Waals surface area contributed by atoms with Gasteiger partial charge in [-0.15, -0.1) is 0 Å². The summed E-state index contributed by atoms with van der Waals surface area (Å²) in [6, 6.07) is 0.628. The second kappa shape index (κ2) is 7.95. The molecule has 0 radical (unpaired) electrons. The Morgan fingerprint density at radius 2 is 2.19 bits per heavy atom. The number of nitrogens with zero attached hydrogens (tertiary/aromatic N) is 5. The van der Waals surface area contributed by atoms with Gasteiger partial charge in [0.25, 0.3) is 0 Å². The highest BCUT2D eigenvalue weighted by Crippen LogP contribution is 2.33. The first-order valence-corrected chi connectivity index (χ1v) is 9.28. The van der Waals surface area contributed by atoms with Gasteiger partial charge in [0, 0.05) is 43.7 Å². The summed E-state index contributed by atoms with van der Waals surface area (Å²) in [5, 5.41) is 2.88. The highest BCUT2D eigenvalue weighted by Gasteiger charge is 2.30. The van der Waals surface area contributed by atoms with Crippen molar-refractivity contribution in [1.29, 1.82) is 0 Å². The number of nitrogens with one attached hydrogen (secondary N) is 1. The molecule has 3 rings (SSSR count). The predicted octanol–water partition coefficient (Wildman–Crippen LogP) is 2.54. The Morgan fingerprint density at radius 3 is 2.92 bits per heavy atom. The first kappa shape index (κ1) is 18.5. The maximum atomic E-state index is 11.3. The number of carbonyl (C=O) groups is 1. The quantitative estimate of drug-likeness (QED) is 0.861. The summed E-state index contributed by atoms with van der Waals surface area (Å²) in [5.41, 5.74) is 2.03. The molecule has 0 aromatic carbocycles. The number of aromatic nitrogens is 4. The molecule has 1 fully saturated rings. The van der Waals surface area contributed by atoms with Gasteiger partial charge < -0.3 is 9.88 Å². The van der Waals surface area contributed by atoms with E-state index in [0.29, 0.717) is 12.6 Å². The Kier molecular flexibility index (Phi) is 5.66. The fraction of sp³-hybridized carbons (Fsp3) is 0.579. The minimum atomic E-state index is -0.0428. The van der Waals surface area contributed by atoms with Crippen LogP contribution in [0.25, 0.3) is 0 Å². The molecule has 0 saturated carbocycles. The summed E-state index contributed by atoms with van der Waals surface area (Å²) in [7, 11) is 0.